The van der Waals surface area contributed by atoms with E-state index in [-0.39, 0.29) is 24.0 Å². The lowest BCUT2D eigenvalue weighted by Gasteiger charge is -2.36. The average Bonchev–Trinajstić information content (AvgIpc) is 3.81. The summed E-state index contributed by atoms with van der Waals surface area (Å²) in [6, 6.07) is 12.8. The topological polar surface area (TPSA) is 162 Å². The molecule has 2 fully saturated rings. The first-order chi connectivity index (χ1) is 22.4. The summed E-state index contributed by atoms with van der Waals surface area (Å²) in [5, 5.41) is 11.8. The standard InChI is InChI=1S/C32H41N7O7/c1-44-32(43)26(36-30(41)27-8-5-17-45-27)21-38-13-15-39(16-14-38)24-18-28(46-22-24)31(42)35-25(20-37-11-9-33-10-12-37)29(40)34-19-23-6-3-2-4-7-23/h2-8,17-18,22,25-26,33H,9-16,19-21H2,1H3,(H,34,40)(H,35,42)(H,36,41). The van der Waals surface area contributed by atoms with Crippen LogP contribution in [-0.4, -0.2) is 118 Å². The van der Waals surface area contributed by atoms with Gasteiger partial charge in [-0.05, 0) is 17.7 Å². The Kier molecular flexibility index (Phi) is 11.4. The number of nitrogens with one attached hydrogen (secondary N) is 4. The third kappa shape index (κ3) is 8.96. The molecule has 2 aromatic heterocycles. The van der Waals surface area contributed by atoms with Gasteiger partial charge < -0.3 is 39.7 Å². The van der Waals surface area contributed by atoms with E-state index in [0.29, 0.717) is 39.3 Å². The number of esters is 1. The van der Waals surface area contributed by atoms with Crippen molar-refractivity contribution in [1.29, 1.82) is 0 Å². The minimum atomic E-state index is -0.864. The van der Waals surface area contributed by atoms with Crippen molar-refractivity contribution in [3.63, 3.8) is 0 Å². The number of hydrogen-bond donors (Lipinski definition) is 4. The highest BCUT2D eigenvalue weighted by Crippen LogP contribution is 2.21. The first kappa shape index (κ1) is 32.7. The summed E-state index contributed by atoms with van der Waals surface area (Å²) in [5.41, 5.74) is 1.71. The lowest BCUT2D eigenvalue weighted by Crippen LogP contribution is -2.55. The van der Waals surface area contributed by atoms with E-state index in [0.717, 1.165) is 37.4 Å². The van der Waals surface area contributed by atoms with Crippen molar-refractivity contribution in [1.82, 2.24) is 31.1 Å². The van der Waals surface area contributed by atoms with Gasteiger partial charge in [-0.3, -0.25) is 24.2 Å². The SMILES string of the molecule is COC(=O)C(CN1CCN(c2coc(C(=O)NC(CN3CCNCC3)C(=O)NCc3ccccc3)c2)CC1)NC(=O)c1ccco1. The molecule has 3 aromatic rings. The van der Waals surface area contributed by atoms with Gasteiger partial charge in [0.1, 0.15) is 18.3 Å². The summed E-state index contributed by atoms with van der Waals surface area (Å²) in [6.07, 6.45) is 2.92. The molecule has 5 rings (SSSR count). The molecule has 2 aliphatic heterocycles. The third-order valence-electron chi connectivity index (χ3n) is 8.11. The number of carbonyl (C=O) groups excluding carboxylic acids is 4. The summed E-state index contributed by atoms with van der Waals surface area (Å²) < 4.78 is 15.7. The van der Waals surface area contributed by atoms with Gasteiger partial charge in [-0.1, -0.05) is 30.3 Å². The smallest absolute Gasteiger partial charge is 0.329 e. The molecule has 0 saturated carbocycles. The molecule has 4 N–H and O–H groups in total. The number of nitrogens with zero attached hydrogens (tertiary/aromatic N) is 3. The van der Waals surface area contributed by atoms with Crippen LogP contribution in [0.15, 0.2) is 69.9 Å². The summed E-state index contributed by atoms with van der Waals surface area (Å²) in [5.74, 6) is -1.53. The molecule has 14 heteroatoms. The van der Waals surface area contributed by atoms with E-state index in [4.69, 9.17) is 13.6 Å². The monoisotopic (exact) mass is 635 g/mol. The number of furan rings is 2. The molecule has 2 aliphatic rings. The number of amides is 3. The molecule has 0 radical (unpaired) electrons. The van der Waals surface area contributed by atoms with Crippen molar-refractivity contribution < 1.29 is 32.7 Å². The Morgan fingerprint density at radius 3 is 2.20 bits per heavy atom. The highest BCUT2D eigenvalue weighted by Gasteiger charge is 2.29. The maximum Gasteiger partial charge on any atom is 0.329 e. The number of rotatable bonds is 13. The van der Waals surface area contributed by atoms with Crippen LogP contribution in [0.3, 0.4) is 0 Å². The Balaban J connectivity index is 1.15. The zero-order valence-corrected chi connectivity index (χ0v) is 25.9. The largest absolute Gasteiger partial charge is 0.467 e. The van der Waals surface area contributed by atoms with Crippen LogP contribution in [-0.2, 0) is 20.9 Å². The maximum atomic E-state index is 13.3. The normalized spacial score (nSPS) is 17.1. The number of piperazine rings is 2. The predicted molar refractivity (Wildman–Crippen MR) is 168 cm³/mol. The van der Waals surface area contributed by atoms with Crippen molar-refractivity contribution >= 4 is 29.4 Å². The van der Waals surface area contributed by atoms with Gasteiger partial charge in [-0.15, -0.1) is 0 Å². The molecular formula is C32H41N7O7. The van der Waals surface area contributed by atoms with E-state index in [1.807, 2.05) is 30.3 Å². The molecule has 0 spiro atoms. The van der Waals surface area contributed by atoms with Gasteiger partial charge in [-0.25, -0.2) is 4.79 Å². The van der Waals surface area contributed by atoms with Crippen LogP contribution in [0.4, 0.5) is 5.69 Å². The fourth-order valence-electron chi connectivity index (χ4n) is 5.50. The lowest BCUT2D eigenvalue weighted by molar-refractivity contribution is -0.143. The zero-order valence-electron chi connectivity index (χ0n) is 25.9. The Morgan fingerprint density at radius 1 is 0.826 bits per heavy atom. The number of carbonyl (C=O) groups is 4. The van der Waals surface area contributed by atoms with E-state index in [1.165, 1.54) is 25.7 Å². The molecule has 46 heavy (non-hydrogen) atoms. The second kappa shape index (κ2) is 16.1. The fourth-order valence-corrected chi connectivity index (χ4v) is 5.50. The third-order valence-corrected chi connectivity index (χ3v) is 8.11. The second-order valence-corrected chi connectivity index (χ2v) is 11.3. The molecule has 2 unspecified atom stereocenters. The van der Waals surface area contributed by atoms with Crippen LogP contribution in [0.25, 0.3) is 0 Å². The minimum Gasteiger partial charge on any atom is -0.467 e. The predicted octanol–water partition coefficient (Wildman–Crippen LogP) is 0.286. The molecule has 0 aliphatic carbocycles. The van der Waals surface area contributed by atoms with Crippen LogP contribution >= 0.6 is 0 Å². The van der Waals surface area contributed by atoms with Gasteiger partial charge in [0, 0.05) is 78.1 Å². The van der Waals surface area contributed by atoms with Gasteiger partial charge >= 0.3 is 5.97 Å². The van der Waals surface area contributed by atoms with Crippen LogP contribution in [0, 0.1) is 0 Å². The molecule has 3 amide bonds. The number of hydrogen-bond acceptors (Lipinski definition) is 11. The first-order valence-corrected chi connectivity index (χ1v) is 15.4. The number of benzene rings is 1. The molecule has 246 valence electrons. The van der Waals surface area contributed by atoms with Crippen molar-refractivity contribution in [2.45, 2.75) is 18.6 Å². The number of methoxy groups -OCH3 is 1. The van der Waals surface area contributed by atoms with Gasteiger partial charge in [0.25, 0.3) is 11.8 Å². The molecule has 0 bridgehead atoms. The van der Waals surface area contributed by atoms with Gasteiger partial charge in [0.15, 0.2) is 11.5 Å². The van der Waals surface area contributed by atoms with Crippen LogP contribution in [0.1, 0.15) is 26.7 Å². The Labute approximate surface area is 267 Å². The van der Waals surface area contributed by atoms with Crippen molar-refractivity contribution in [3.8, 4) is 0 Å². The number of ether oxygens (including phenoxy) is 1. The van der Waals surface area contributed by atoms with Crippen molar-refractivity contribution in [2.75, 3.05) is 77.5 Å². The summed E-state index contributed by atoms with van der Waals surface area (Å²) in [7, 11) is 1.28. The molecule has 4 heterocycles. The van der Waals surface area contributed by atoms with Gasteiger partial charge in [0.2, 0.25) is 5.91 Å². The Morgan fingerprint density at radius 2 is 1.50 bits per heavy atom. The Hall–Kier alpha value is -4.66. The maximum absolute atomic E-state index is 13.3. The summed E-state index contributed by atoms with van der Waals surface area (Å²) in [4.78, 5) is 57.7. The molecular weight excluding hydrogens is 594 g/mol. The lowest BCUT2D eigenvalue weighted by atomic mass is 10.2. The van der Waals surface area contributed by atoms with E-state index < -0.39 is 29.9 Å². The molecule has 2 atom stereocenters. The van der Waals surface area contributed by atoms with Crippen molar-refractivity contribution in [3.05, 3.63) is 78.1 Å². The Bertz CT molecular complexity index is 1430. The number of anilines is 1. The second-order valence-electron chi connectivity index (χ2n) is 11.3. The quantitative estimate of drug-likeness (QED) is 0.191. The van der Waals surface area contributed by atoms with Crippen molar-refractivity contribution in [2.24, 2.45) is 0 Å². The van der Waals surface area contributed by atoms with E-state index >= 15 is 0 Å². The summed E-state index contributed by atoms with van der Waals surface area (Å²) >= 11 is 0. The highest BCUT2D eigenvalue weighted by atomic mass is 16.5. The average molecular weight is 636 g/mol. The fraction of sp³-hybridized carbons (Fsp3) is 0.438. The first-order valence-electron chi connectivity index (χ1n) is 15.4. The van der Waals surface area contributed by atoms with Crippen LogP contribution in [0.2, 0.25) is 0 Å². The molecule has 2 saturated heterocycles. The van der Waals surface area contributed by atoms with Crippen LogP contribution in [0.5, 0.6) is 0 Å². The summed E-state index contributed by atoms with van der Waals surface area (Å²) in [6.45, 7) is 6.65. The van der Waals surface area contributed by atoms with Gasteiger partial charge in [-0.2, -0.15) is 0 Å². The van der Waals surface area contributed by atoms with E-state index in [1.54, 1.807) is 12.1 Å². The zero-order chi connectivity index (χ0) is 32.3. The highest BCUT2D eigenvalue weighted by molar-refractivity contribution is 5.96. The van der Waals surface area contributed by atoms with E-state index in [9.17, 15) is 19.2 Å². The van der Waals surface area contributed by atoms with Gasteiger partial charge in [0.05, 0.1) is 19.1 Å². The molecule has 1 aromatic carbocycles. The van der Waals surface area contributed by atoms with Crippen LogP contribution < -0.4 is 26.2 Å². The molecule has 14 nitrogen and oxygen atoms in total. The van der Waals surface area contributed by atoms with E-state index in [2.05, 4.69) is 36.0 Å². The minimum absolute atomic E-state index is 0.112.